The quantitative estimate of drug-likeness (QED) is 0.166. The Bertz CT molecular complexity index is 2470. The molecule has 0 N–H and O–H groups in total. The second-order valence-corrected chi connectivity index (χ2v) is 10.1. The van der Waals surface area contributed by atoms with E-state index in [1.807, 2.05) is 109 Å². The fourth-order valence-electron chi connectivity index (χ4n) is 5.56. The molecule has 0 aliphatic rings. The minimum absolute atomic E-state index is 0. The molecule has 0 saturated heterocycles. The van der Waals surface area contributed by atoms with Gasteiger partial charge in [0.25, 0.3) is 0 Å². The number of fused-ring (bicyclic) bond motifs is 18. The van der Waals surface area contributed by atoms with Crippen molar-refractivity contribution in [2.75, 3.05) is 0 Å². The van der Waals surface area contributed by atoms with E-state index in [0.717, 1.165) is 43.1 Å². The molecule has 0 radical (unpaired) electrons. The summed E-state index contributed by atoms with van der Waals surface area (Å²) in [4.78, 5) is 39.4. The van der Waals surface area contributed by atoms with Crippen LogP contribution < -0.4 is 9.97 Å². The van der Waals surface area contributed by atoms with Crippen LogP contribution in [0.2, 0.25) is 0 Å². The number of aromatic nitrogens is 8. The molecule has 8 nitrogen and oxygen atoms in total. The van der Waals surface area contributed by atoms with E-state index in [-0.39, 0.29) is 21.1 Å². The van der Waals surface area contributed by atoms with E-state index >= 15 is 0 Å². The van der Waals surface area contributed by atoms with E-state index in [9.17, 15) is 0 Å². The van der Waals surface area contributed by atoms with Crippen LogP contribution >= 0.6 is 0 Å². The fourth-order valence-corrected chi connectivity index (χ4v) is 5.56. The van der Waals surface area contributed by atoms with Crippen LogP contribution in [0.5, 0.6) is 0 Å². The van der Waals surface area contributed by atoms with Crippen LogP contribution in [-0.2, 0) is 21.1 Å². The van der Waals surface area contributed by atoms with Crippen molar-refractivity contribution in [2.24, 2.45) is 0 Å². The minimum Gasteiger partial charge on any atom is -0.357 e. The first kappa shape index (κ1) is 25.4. The van der Waals surface area contributed by atoms with Gasteiger partial charge in [0.2, 0.25) is 0 Å². The third kappa shape index (κ3) is 4.18. The van der Waals surface area contributed by atoms with Gasteiger partial charge in [-0.1, -0.05) is 97.1 Å². The summed E-state index contributed by atoms with van der Waals surface area (Å²) >= 11 is 0. The monoisotopic (exact) mass is 733 g/mol. The van der Waals surface area contributed by atoms with Crippen molar-refractivity contribution in [3.63, 3.8) is 0 Å². The average Bonchev–Trinajstić information content (AvgIpc) is 3.54. The number of rotatable bonds is 0. The molecule has 4 aromatic carbocycles. The van der Waals surface area contributed by atoms with Gasteiger partial charge in [-0.3, -0.25) is 0 Å². The maximum absolute atomic E-state index is 4.99. The molecule has 0 aliphatic heterocycles. The third-order valence-electron chi connectivity index (χ3n) is 7.52. The van der Waals surface area contributed by atoms with Gasteiger partial charge < -0.3 is 29.9 Å². The predicted molar refractivity (Wildman–Crippen MR) is 166 cm³/mol. The molecule has 0 unspecified atom stereocenters. The molecule has 5 aromatic heterocycles. The van der Waals surface area contributed by atoms with E-state index in [2.05, 4.69) is 0 Å². The standard InChI is InChI=1S/C34H18N8.Pt/c1-3-11-21-19(9-1)17-27-35-29(21)39-33-25-15-7-6-14-24(25)32(42-33)38-28-18-20-10-2-4-12-22(20)30(36-28)40-34-26-16-8-5-13-23(26)31(37-27)41-34;/h1-18H;/q-2;+2. The number of hydrogen-bond acceptors (Lipinski definition) is 6. The SMILES string of the molecule is [Pt+2].c1ccc2c(c1)cc1nc2nc2[n-]c(nc3cc4ccccc4c(n3)nc3[n-]c(n1)c1ccccc31)c1ccccc21. The smallest absolute Gasteiger partial charge is 0.357 e. The van der Waals surface area contributed by atoms with Crippen molar-refractivity contribution < 1.29 is 21.1 Å². The first-order valence-corrected chi connectivity index (χ1v) is 13.5. The van der Waals surface area contributed by atoms with Crippen molar-refractivity contribution in [1.82, 2.24) is 39.9 Å². The fraction of sp³-hybridized carbons (Fsp3) is 0. The van der Waals surface area contributed by atoms with Gasteiger partial charge in [-0.15, -0.1) is 0 Å². The summed E-state index contributed by atoms with van der Waals surface area (Å²) in [6.45, 7) is 0. The van der Waals surface area contributed by atoms with E-state index in [1.165, 1.54) is 0 Å². The second kappa shape index (κ2) is 9.89. The topological polar surface area (TPSA) is 106 Å². The maximum Gasteiger partial charge on any atom is 2.00 e. The normalized spacial score (nSPS) is 11.5. The molecule has 0 atom stereocenters. The molecule has 0 fully saturated rings. The van der Waals surface area contributed by atoms with Crippen LogP contribution in [0.4, 0.5) is 0 Å². The van der Waals surface area contributed by atoms with Gasteiger partial charge >= 0.3 is 21.1 Å². The van der Waals surface area contributed by atoms with Crippen molar-refractivity contribution in [2.45, 2.75) is 0 Å². The predicted octanol–water partition coefficient (Wildman–Crippen LogP) is 6.88. The molecule has 9 heteroatoms. The van der Waals surface area contributed by atoms with E-state index in [0.29, 0.717) is 45.2 Å². The molecule has 0 saturated carbocycles. The molecular formula is C34H18N8Pt. The van der Waals surface area contributed by atoms with Crippen LogP contribution in [0.3, 0.4) is 0 Å². The Morgan fingerprint density at radius 2 is 0.674 bits per heavy atom. The average molecular weight is 734 g/mol. The zero-order chi connectivity index (χ0) is 27.6. The molecule has 0 amide bonds. The summed E-state index contributed by atoms with van der Waals surface area (Å²) in [6.07, 6.45) is 0. The molecule has 8 bridgehead atoms. The first-order valence-electron chi connectivity index (χ1n) is 13.5. The summed E-state index contributed by atoms with van der Waals surface area (Å²) in [7, 11) is 0. The van der Waals surface area contributed by atoms with Gasteiger partial charge in [0.1, 0.15) is 0 Å². The number of hydrogen-bond donors (Lipinski definition) is 0. The van der Waals surface area contributed by atoms with Crippen molar-refractivity contribution in [3.8, 4) is 0 Å². The van der Waals surface area contributed by atoms with Gasteiger partial charge in [0.15, 0.2) is 0 Å². The van der Waals surface area contributed by atoms with E-state index < -0.39 is 0 Å². The van der Waals surface area contributed by atoms with Gasteiger partial charge in [0.05, 0.1) is 22.6 Å². The largest absolute Gasteiger partial charge is 2.00 e. The third-order valence-corrected chi connectivity index (χ3v) is 7.52. The molecule has 5 heterocycles. The van der Waals surface area contributed by atoms with Gasteiger partial charge in [-0.05, 0) is 44.5 Å². The van der Waals surface area contributed by atoms with E-state index in [4.69, 9.17) is 39.9 Å². The van der Waals surface area contributed by atoms with E-state index in [1.54, 1.807) is 0 Å². The summed E-state index contributed by atoms with van der Waals surface area (Å²) in [5.74, 6) is 0. The summed E-state index contributed by atoms with van der Waals surface area (Å²) in [5, 5.41) is 7.27. The molecule has 9 rings (SSSR count). The Morgan fingerprint density at radius 1 is 0.349 bits per heavy atom. The zero-order valence-corrected chi connectivity index (χ0v) is 24.6. The Labute approximate surface area is 257 Å². The van der Waals surface area contributed by atoms with Gasteiger partial charge in [-0.2, -0.15) is 0 Å². The number of nitrogens with zero attached hydrogens (tertiary/aromatic N) is 8. The summed E-state index contributed by atoms with van der Waals surface area (Å²) in [6, 6.07) is 35.8. The molecule has 43 heavy (non-hydrogen) atoms. The second-order valence-electron chi connectivity index (χ2n) is 10.1. The molecule has 0 spiro atoms. The Kier molecular flexibility index (Phi) is 5.84. The van der Waals surface area contributed by atoms with Crippen molar-refractivity contribution >= 4 is 88.3 Å². The Hall–Kier alpha value is -5.33. The van der Waals surface area contributed by atoms with Crippen LogP contribution in [0.25, 0.3) is 88.3 Å². The van der Waals surface area contributed by atoms with Crippen molar-refractivity contribution in [1.29, 1.82) is 0 Å². The first-order chi connectivity index (χ1) is 20.8. The van der Waals surface area contributed by atoms with Gasteiger partial charge in [-0.25, -0.2) is 9.97 Å². The van der Waals surface area contributed by atoms with Crippen LogP contribution in [-0.4, -0.2) is 29.9 Å². The van der Waals surface area contributed by atoms with Crippen LogP contribution in [0.15, 0.2) is 109 Å². The minimum atomic E-state index is 0. The summed E-state index contributed by atoms with van der Waals surface area (Å²) < 4.78 is 0. The number of benzene rings is 4. The Balaban J connectivity index is 0.00000278. The van der Waals surface area contributed by atoms with Gasteiger partial charge in [0, 0.05) is 33.4 Å². The molecule has 9 aromatic rings. The Morgan fingerprint density at radius 3 is 1.07 bits per heavy atom. The maximum atomic E-state index is 4.99. The molecular weight excluding hydrogens is 716 g/mol. The van der Waals surface area contributed by atoms with Crippen LogP contribution in [0.1, 0.15) is 0 Å². The zero-order valence-electron chi connectivity index (χ0n) is 22.3. The summed E-state index contributed by atoms with van der Waals surface area (Å²) in [5.41, 5.74) is 4.21. The molecule has 0 aliphatic carbocycles. The van der Waals surface area contributed by atoms with Crippen LogP contribution in [0, 0.1) is 0 Å². The molecule has 204 valence electrons. The van der Waals surface area contributed by atoms with Crippen molar-refractivity contribution in [3.05, 3.63) is 109 Å². The number of pyridine rings is 2.